The summed E-state index contributed by atoms with van der Waals surface area (Å²) in [6, 6.07) is 4.04. The Morgan fingerprint density at radius 3 is 2.50 bits per heavy atom. The lowest BCUT2D eigenvalue weighted by molar-refractivity contribution is -0.156. The van der Waals surface area contributed by atoms with Crippen LogP contribution in [0.5, 0.6) is 0 Å². The number of hydrogen-bond acceptors (Lipinski definition) is 3. The third-order valence-electron chi connectivity index (χ3n) is 3.47. The van der Waals surface area contributed by atoms with Crippen molar-refractivity contribution in [1.82, 2.24) is 4.90 Å². The third-order valence-corrected chi connectivity index (χ3v) is 4.46. The van der Waals surface area contributed by atoms with Crippen LogP contribution in [-0.4, -0.2) is 28.9 Å². The molecule has 0 aliphatic heterocycles. The van der Waals surface area contributed by atoms with Crippen molar-refractivity contribution in [2.75, 3.05) is 7.05 Å². The Morgan fingerprint density at radius 1 is 1.39 bits per heavy atom. The van der Waals surface area contributed by atoms with Crippen LogP contribution < -0.4 is 0 Å². The number of aliphatic carboxylic acids is 1. The van der Waals surface area contributed by atoms with Crippen LogP contribution in [0, 0.1) is 18.8 Å². The molecule has 1 saturated carbocycles. The number of thiophene rings is 1. The normalized spacial score (nSPS) is 22.3. The molecule has 98 valence electrons. The molecule has 0 aromatic carbocycles. The van der Waals surface area contributed by atoms with Gasteiger partial charge in [0, 0.05) is 16.8 Å². The summed E-state index contributed by atoms with van der Waals surface area (Å²) in [6.07, 6.45) is 1.32. The molecule has 1 fully saturated rings. The summed E-state index contributed by atoms with van der Waals surface area (Å²) >= 11 is 1.67. The van der Waals surface area contributed by atoms with Crippen LogP contribution in [-0.2, 0) is 16.1 Å². The van der Waals surface area contributed by atoms with Gasteiger partial charge in [-0.3, -0.25) is 9.59 Å². The average Bonchev–Trinajstić information content (AvgIpc) is 2.61. The van der Waals surface area contributed by atoms with Crippen molar-refractivity contribution in [2.45, 2.75) is 26.3 Å². The molecule has 1 aliphatic rings. The Kier molecular flexibility index (Phi) is 3.71. The van der Waals surface area contributed by atoms with Gasteiger partial charge in [0.1, 0.15) is 0 Å². The van der Waals surface area contributed by atoms with Crippen molar-refractivity contribution in [3.8, 4) is 0 Å². The number of carbonyl (C=O) groups is 2. The molecular formula is C13H17NO3S. The maximum Gasteiger partial charge on any atom is 0.307 e. The molecule has 2 unspecified atom stereocenters. The van der Waals surface area contributed by atoms with Gasteiger partial charge in [-0.25, -0.2) is 0 Å². The highest BCUT2D eigenvalue weighted by atomic mass is 32.1. The Bertz CT molecular complexity index is 469. The number of carboxylic acid groups (broad SMARTS) is 1. The van der Waals surface area contributed by atoms with Gasteiger partial charge in [0.25, 0.3) is 0 Å². The Labute approximate surface area is 110 Å². The summed E-state index contributed by atoms with van der Waals surface area (Å²) in [5.74, 6) is -1.70. The van der Waals surface area contributed by atoms with Gasteiger partial charge in [-0.2, -0.15) is 0 Å². The molecule has 2 atom stereocenters. The second-order valence-corrected chi connectivity index (χ2v) is 6.21. The van der Waals surface area contributed by atoms with Crippen LogP contribution in [0.1, 0.15) is 22.6 Å². The van der Waals surface area contributed by atoms with E-state index in [1.807, 2.05) is 19.1 Å². The van der Waals surface area contributed by atoms with Crippen LogP contribution >= 0.6 is 11.3 Å². The molecule has 1 amide bonds. The molecule has 5 heteroatoms. The van der Waals surface area contributed by atoms with Crippen molar-refractivity contribution in [3.05, 3.63) is 21.9 Å². The summed E-state index contributed by atoms with van der Waals surface area (Å²) < 4.78 is 0. The summed E-state index contributed by atoms with van der Waals surface area (Å²) in [5, 5.41) is 8.96. The molecular weight excluding hydrogens is 250 g/mol. The molecule has 0 radical (unpaired) electrons. The third kappa shape index (κ3) is 2.56. The van der Waals surface area contributed by atoms with E-state index >= 15 is 0 Å². The highest BCUT2D eigenvalue weighted by Gasteiger charge is 2.42. The molecule has 0 saturated heterocycles. The van der Waals surface area contributed by atoms with Crippen molar-refractivity contribution >= 4 is 23.2 Å². The zero-order valence-corrected chi connectivity index (χ0v) is 11.4. The topological polar surface area (TPSA) is 57.6 Å². The number of carboxylic acids is 1. The van der Waals surface area contributed by atoms with Crippen molar-refractivity contribution in [1.29, 1.82) is 0 Å². The van der Waals surface area contributed by atoms with Crippen molar-refractivity contribution in [3.63, 3.8) is 0 Å². The first-order valence-corrected chi connectivity index (χ1v) is 6.84. The largest absolute Gasteiger partial charge is 0.481 e. The first-order valence-electron chi connectivity index (χ1n) is 6.02. The molecule has 2 rings (SSSR count). The van der Waals surface area contributed by atoms with Gasteiger partial charge in [-0.15, -0.1) is 11.3 Å². The van der Waals surface area contributed by atoms with E-state index in [-0.39, 0.29) is 11.8 Å². The molecule has 0 bridgehead atoms. The highest BCUT2D eigenvalue weighted by molar-refractivity contribution is 7.11. The maximum atomic E-state index is 12.1. The molecule has 1 aliphatic carbocycles. The minimum atomic E-state index is -0.847. The van der Waals surface area contributed by atoms with E-state index < -0.39 is 11.9 Å². The Morgan fingerprint density at radius 2 is 2.06 bits per heavy atom. The van der Waals surface area contributed by atoms with Gasteiger partial charge >= 0.3 is 5.97 Å². The van der Waals surface area contributed by atoms with Gasteiger partial charge in [0.05, 0.1) is 18.4 Å². The summed E-state index contributed by atoms with van der Waals surface area (Å²) in [6.45, 7) is 2.60. The fourth-order valence-corrected chi connectivity index (χ4v) is 3.20. The minimum Gasteiger partial charge on any atom is -0.481 e. The summed E-state index contributed by atoms with van der Waals surface area (Å²) in [4.78, 5) is 27.0. The van der Waals surface area contributed by atoms with Crippen LogP contribution in [0.2, 0.25) is 0 Å². The predicted octanol–water partition coefficient (Wildman–Crippen LogP) is 2.13. The number of carbonyl (C=O) groups excluding carboxylic acids is 1. The smallest absolute Gasteiger partial charge is 0.307 e. The molecule has 1 aromatic rings. The monoisotopic (exact) mass is 267 g/mol. The van der Waals surface area contributed by atoms with Crippen molar-refractivity contribution in [2.24, 2.45) is 11.8 Å². The average molecular weight is 267 g/mol. The lowest BCUT2D eigenvalue weighted by Crippen LogP contribution is -2.44. The minimum absolute atomic E-state index is 0.0419. The van der Waals surface area contributed by atoms with Crippen LogP contribution in [0.15, 0.2) is 12.1 Å². The molecule has 1 aromatic heterocycles. The molecule has 4 nitrogen and oxygen atoms in total. The summed E-state index contributed by atoms with van der Waals surface area (Å²) in [7, 11) is 1.74. The number of aryl methyl sites for hydroxylation is 1. The quantitative estimate of drug-likeness (QED) is 0.909. The lowest BCUT2D eigenvalue weighted by atomic mass is 9.73. The van der Waals surface area contributed by atoms with Crippen LogP contribution in [0.3, 0.4) is 0 Å². The molecule has 1 N–H and O–H groups in total. The Balaban J connectivity index is 1.95. The second-order valence-electron chi connectivity index (χ2n) is 4.84. The summed E-state index contributed by atoms with van der Waals surface area (Å²) in [5.41, 5.74) is 0. The van der Waals surface area contributed by atoms with E-state index in [4.69, 9.17) is 5.11 Å². The molecule has 1 heterocycles. The van der Waals surface area contributed by atoms with E-state index in [2.05, 4.69) is 0 Å². The number of amides is 1. The van der Waals surface area contributed by atoms with Gasteiger partial charge in [-0.05, 0) is 31.9 Å². The fraction of sp³-hybridized carbons (Fsp3) is 0.538. The van der Waals surface area contributed by atoms with E-state index in [1.165, 1.54) is 4.88 Å². The van der Waals surface area contributed by atoms with Crippen LogP contribution in [0.25, 0.3) is 0 Å². The SMILES string of the molecule is Cc1ccc(CN(C)C(=O)C2CCC2C(=O)O)s1. The van der Waals surface area contributed by atoms with Crippen molar-refractivity contribution < 1.29 is 14.7 Å². The number of rotatable bonds is 4. The lowest BCUT2D eigenvalue weighted by Gasteiger charge is -2.34. The van der Waals surface area contributed by atoms with Gasteiger partial charge in [-0.1, -0.05) is 0 Å². The predicted molar refractivity (Wildman–Crippen MR) is 69.4 cm³/mol. The van der Waals surface area contributed by atoms with E-state index in [9.17, 15) is 9.59 Å². The highest BCUT2D eigenvalue weighted by Crippen LogP contribution is 2.36. The number of hydrogen-bond donors (Lipinski definition) is 1. The fourth-order valence-electron chi connectivity index (χ4n) is 2.26. The molecule has 18 heavy (non-hydrogen) atoms. The molecule has 0 spiro atoms. The number of nitrogens with zero attached hydrogens (tertiary/aromatic N) is 1. The first-order chi connectivity index (χ1) is 8.49. The first kappa shape index (κ1) is 13.1. The van der Waals surface area contributed by atoms with Gasteiger partial charge < -0.3 is 10.0 Å². The van der Waals surface area contributed by atoms with E-state index in [0.717, 1.165) is 4.88 Å². The van der Waals surface area contributed by atoms with E-state index in [0.29, 0.717) is 19.4 Å². The second kappa shape index (κ2) is 5.10. The zero-order valence-electron chi connectivity index (χ0n) is 10.5. The van der Waals surface area contributed by atoms with Gasteiger partial charge in [0.2, 0.25) is 5.91 Å². The zero-order chi connectivity index (χ0) is 13.3. The Hall–Kier alpha value is -1.36. The maximum absolute atomic E-state index is 12.1. The van der Waals surface area contributed by atoms with E-state index in [1.54, 1.807) is 23.3 Å². The van der Waals surface area contributed by atoms with Crippen LogP contribution in [0.4, 0.5) is 0 Å². The standard InChI is InChI=1S/C13H17NO3S/c1-8-3-4-9(18-8)7-14(2)12(15)10-5-6-11(10)13(16)17/h3-4,10-11H,5-7H2,1-2H3,(H,16,17). The van der Waals surface area contributed by atoms with Gasteiger partial charge in [0.15, 0.2) is 0 Å².